The summed E-state index contributed by atoms with van der Waals surface area (Å²) in [5, 5.41) is 3.17. The Morgan fingerprint density at radius 1 is 1.00 bits per heavy atom. The fraction of sp³-hybridized carbons (Fsp3) is 0.739. The van der Waals surface area contributed by atoms with Crippen LogP contribution in [0.5, 0.6) is 0 Å². The first-order valence-corrected chi connectivity index (χ1v) is 12.4. The Bertz CT molecular complexity index is 703. The van der Waals surface area contributed by atoms with Crippen molar-refractivity contribution in [2.75, 3.05) is 39.3 Å². The number of piperidine rings is 1. The summed E-state index contributed by atoms with van der Waals surface area (Å²) in [5.41, 5.74) is 1.23. The summed E-state index contributed by atoms with van der Waals surface area (Å²) in [6, 6.07) is 2.08. The third-order valence-corrected chi connectivity index (χ3v) is 7.96. The molecule has 2 saturated heterocycles. The second kappa shape index (κ2) is 10.1. The van der Waals surface area contributed by atoms with Crippen LogP contribution in [0.3, 0.4) is 0 Å². The summed E-state index contributed by atoms with van der Waals surface area (Å²) in [5.74, 6) is 0.452. The minimum absolute atomic E-state index is 0.0552. The van der Waals surface area contributed by atoms with Gasteiger partial charge in [0.15, 0.2) is 0 Å². The molecule has 0 saturated carbocycles. The number of likely N-dealkylation sites (tertiary alicyclic amines) is 2. The maximum absolute atomic E-state index is 12.9. The van der Waals surface area contributed by atoms with Crippen LogP contribution in [0.15, 0.2) is 6.07 Å². The molecule has 3 heterocycles. The van der Waals surface area contributed by atoms with Crippen molar-refractivity contribution in [1.82, 2.24) is 15.1 Å². The van der Waals surface area contributed by atoms with Gasteiger partial charge in [-0.25, -0.2) is 0 Å². The topological polar surface area (TPSA) is 52.7 Å². The largest absolute Gasteiger partial charge is 0.355 e. The van der Waals surface area contributed by atoms with Crippen molar-refractivity contribution in [1.29, 1.82) is 0 Å². The number of carbonyl (C=O) groups is 2. The second-order valence-corrected chi connectivity index (χ2v) is 10.0. The Hall–Kier alpha value is -1.40. The minimum Gasteiger partial charge on any atom is -0.355 e. The lowest BCUT2D eigenvalue weighted by molar-refractivity contribution is -0.125. The van der Waals surface area contributed by atoms with Gasteiger partial charge in [-0.2, -0.15) is 0 Å². The first kappa shape index (κ1) is 20.9. The lowest BCUT2D eigenvalue weighted by Gasteiger charge is -2.27. The highest BCUT2D eigenvalue weighted by atomic mass is 32.1. The fourth-order valence-corrected chi connectivity index (χ4v) is 6.12. The highest BCUT2D eigenvalue weighted by Gasteiger charge is 2.28. The molecule has 0 bridgehead atoms. The highest BCUT2D eigenvalue weighted by Crippen LogP contribution is 2.33. The summed E-state index contributed by atoms with van der Waals surface area (Å²) in [6.07, 6.45) is 11.3. The van der Waals surface area contributed by atoms with E-state index in [4.69, 9.17) is 0 Å². The zero-order valence-electron chi connectivity index (χ0n) is 17.6. The Kier molecular flexibility index (Phi) is 7.24. The van der Waals surface area contributed by atoms with Crippen LogP contribution in [0, 0.1) is 5.92 Å². The maximum Gasteiger partial charge on any atom is 0.263 e. The number of hydrogen-bond donors (Lipinski definition) is 1. The first-order chi connectivity index (χ1) is 14.2. The molecule has 2 aliphatic heterocycles. The molecule has 1 aromatic heterocycles. The van der Waals surface area contributed by atoms with Crippen LogP contribution < -0.4 is 5.32 Å². The van der Waals surface area contributed by atoms with E-state index < -0.39 is 0 Å². The summed E-state index contributed by atoms with van der Waals surface area (Å²) < 4.78 is 0. The lowest BCUT2D eigenvalue weighted by Crippen LogP contribution is -2.40. The van der Waals surface area contributed by atoms with Gasteiger partial charge >= 0.3 is 0 Å². The Morgan fingerprint density at radius 2 is 1.69 bits per heavy atom. The second-order valence-electron chi connectivity index (χ2n) is 8.90. The van der Waals surface area contributed by atoms with E-state index in [1.807, 2.05) is 4.90 Å². The fourth-order valence-electron chi connectivity index (χ4n) is 4.95. The molecule has 0 spiro atoms. The maximum atomic E-state index is 12.9. The van der Waals surface area contributed by atoms with Crippen LogP contribution in [-0.4, -0.2) is 60.9 Å². The number of carbonyl (C=O) groups excluding carboxylic acids is 2. The van der Waals surface area contributed by atoms with Gasteiger partial charge in [-0.05, 0) is 69.7 Å². The summed E-state index contributed by atoms with van der Waals surface area (Å²) in [4.78, 5) is 32.3. The summed E-state index contributed by atoms with van der Waals surface area (Å²) >= 11 is 1.66. The first-order valence-electron chi connectivity index (χ1n) is 11.6. The number of fused-ring (bicyclic) bond motifs is 1. The molecule has 0 aromatic carbocycles. The van der Waals surface area contributed by atoms with E-state index in [1.54, 1.807) is 11.3 Å². The number of rotatable bonds is 5. The molecule has 29 heavy (non-hydrogen) atoms. The monoisotopic (exact) mass is 417 g/mol. The molecule has 0 radical (unpaired) electrons. The van der Waals surface area contributed by atoms with E-state index in [0.717, 1.165) is 63.2 Å². The van der Waals surface area contributed by atoms with Crippen molar-refractivity contribution in [3.05, 3.63) is 21.4 Å². The summed E-state index contributed by atoms with van der Waals surface area (Å²) in [7, 11) is 0. The molecule has 0 unspecified atom stereocenters. The molecular formula is C23H35N3O2S. The predicted octanol–water partition coefficient (Wildman–Crippen LogP) is 3.47. The quantitative estimate of drug-likeness (QED) is 0.798. The molecule has 5 nitrogen and oxygen atoms in total. The van der Waals surface area contributed by atoms with E-state index >= 15 is 0 Å². The van der Waals surface area contributed by atoms with Crippen LogP contribution in [0.4, 0.5) is 0 Å². The lowest BCUT2D eigenvalue weighted by atomic mass is 9.87. The third kappa shape index (κ3) is 5.40. The normalized spacial score (nSPS) is 23.3. The van der Waals surface area contributed by atoms with Crippen molar-refractivity contribution < 1.29 is 9.59 Å². The zero-order valence-corrected chi connectivity index (χ0v) is 18.4. The Balaban J connectivity index is 1.29. The standard InChI is InChI=1S/C23H35N3O2S/c27-22(24-10-15-25-11-4-3-5-12-25)18-8-9-20-19(16-18)17-21(29-20)23(28)26-13-6-1-2-7-14-26/h17-18H,1-16H2,(H,24,27)/t18-/m0/s1. The highest BCUT2D eigenvalue weighted by molar-refractivity contribution is 7.14. The molecule has 1 atom stereocenters. The van der Waals surface area contributed by atoms with Crippen LogP contribution >= 0.6 is 11.3 Å². The molecule has 6 heteroatoms. The number of thiophene rings is 1. The predicted molar refractivity (Wildman–Crippen MR) is 118 cm³/mol. The zero-order chi connectivity index (χ0) is 20.1. The van der Waals surface area contributed by atoms with E-state index in [-0.39, 0.29) is 17.7 Å². The SMILES string of the molecule is O=C(NCCN1CCCCC1)[C@H]1CCc2sc(C(=O)N3CCCCCC3)cc2C1. The summed E-state index contributed by atoms with van der Waals surface area (Å²) in [6.45, 7) is 5.85. The number of nitrogens with one attached hydrogen (secondary N) is 1. The van der Waals surface area contributed by atoms with Gasteiger partial charge in [0.2, 0.25) is 5.91 Å². The van der Waals surface area contributed by atoms with E-state index in [9.17, 15) is 9.59 Å². The molecule has 2 fully saturated rings. The van der Waals surface area contributed by atoms with Gasteiger partial charge in [0, 0.05) is 37.0 Å². The van der Waals surface area contributed by atoms with E-state index in [1.165, 1.54) is 55.6 Å². The van der Waals surface area contributed by atoms with E-state index in [0.29, 0.717) is 0 Å². The number of nitrogens with zero attached hydrogens (tertiary/aromatic N) is 2. The smallest absolute Gasteiger partial charge is 0.263 e. The van der Waals surface area contributed by atoms with Gasteiger partial charge in [-0.15, -0.1) is 11.3 Å². The number of amides is 2. The molecule has 1 N–H and O–H groups in total. The number of aryl methyl sites for hydroxylation is 1. The molecule has 4 rings (SSSR count). The van der Waals surface area contributed by atoms with Gasteiger partial charge in [-0.1, -0.05) is 19.3 Å². The van der Waals surface area contributed by atoms with Gasteiger partial charge in [-0.3, -0.25) is 9.59 Å². The van der Waals surface area contributed by atoms with Gasteiger partial charge < -0.3 is 15.1 Å². The minimum atomic E-state index is 0.0552. The van der Waals surface area contributed by atoms with Crippen molar-refractivity contribution in [2.45, 2.75) is 64.2 Å². The average molecular weight is 418 g/mol. The van der Waals surface area contributed by atoms with Crippen LogP contribution in [-0.2, 0) is 17.6 Å². The Labute approximate surface area is 178 Å². The van der Waals surface area contributed by atoms with Crippen molar-refractivity contribution in [2.24, 2.45) is 5.92 Å². The molecule has 160 valence electrons. The molecular weight excluding hydrogens is 382 g/mol. The Morgan fingerprint density at radius 3 is 2.45 bits per heavy atom. The average Bonchev–Trinajstić information content (AvgIpc) is 2.99. The third-order valence-electron chi connectivity index (χ3n) is 6.73. The number of hydrogen-bond acceptors (Lipinski definition) is 4. The molecule has 1 aromatic rings. The van der Waals surface area contributed by atoms with Gasteiger partial charge in [0.05, 0.1) is 4.88 Å². The van der Waals surface area contributed by atoms with Crippen LogP contribution in [0.1, 0.15) is 71.5 Å². The van der Waals surface area contributed by atoms with Gasteiger partial charge in [0.1, 0.15) is 0 Å². The molecule has 2 amide bonds. The van der Waals surface area contributed by atoms with Gasteiger partial charge in [0.25, 0.3) is 5.91 Å². The van der Waals surface area contributed by atoms with Crippen molar-refractivity contribution in [3.8, 4) is 0 Å². The van der Waals surface area contributed by atoms with Crippen LogP contribution in [0.25, 0.3) is 0 Å². The van der Waals surface area contributed by atoms with E-state index in [2.05, 4.69) is 16.3 Å². The van der Waals surface area contributed by atoms with Crippen molar-refractivity contribution in [3.63, 3.8) is 0 Å². The van der Waals surface area contributed by atoms with Crippen molar-refractivity contribution >= 4 is 23.2 Å². The molecule has 1 aliphatic carbocycles. The molecule has 3 aliphatic rings. The van der Waals surface area contributed by atoms with Crippen LogP contribution in [0.2, 0.25) is 0 Å².